The number of amides is 1. The number of nitrogens with one attached hydrogen (secondary N) is 1. The molecule has 0 saturated heterocycles. The van der Waals surface area contributed by atoms with Gasteiger partial charge in [-0.2, -0.15) is 0 Å². The van der Waals surface area contributed by atoms with Crippen LogP contribution >= 0.6 is 38.5 Å². The van der Waals surface area contributed by atoms with E-state index in [9.17, 15) is 4.79 Å². The molecule has 0 bridgehead atoms. The van der Waals surface area contributed by atoms with Crippen LogP contribution < -0.4 is 5.32 Å². The van der Waals surface area contributed by atoms with E-state index in [-0.39, 0.29) is 11.4 Å². The predicted molar refractivity (Wildman–Crippen MR) is 88.5 cm³/mol. The molecule has 1 unspecified atom stereocenters. The molecule has 4 heteroatoms. The van der Waals surface area contributed by atoms with Crippen LogP contribution in [-0.4, -0.2) is 16.8 Å². The van der Waals surface area contributed by atoms with Gasteiger partial charge in [0.15, 0.2) is 0 Å². The number of carbonyl (C=O) groups excluding carboxylic acids is 1. The van der Waals surface area contributed by atoms with Crippen LogP contribution in [0.2, 0.25) is 0 Å². The molecule has 1 atom stereocenters. The van der Waals surface area contributed by atoms with Gasteiger partial charge in [0.1, 0.15) is 0 Å². The first-order chi connectivity index (χ1) is 8.43. The quantitative estimate of drug-likeness (QED) is 0.555. The topological polar surface area (TPSA) is 29.1 Å². The van der Waals surface area contributed by atoms with Crippen LogP contribution in [0.25, 0.3) is 0 Å². The number of halogens is 2. The standard InChI is InChI=1S/C14H19BrINO/c1-4-14(3,8-9-15)17-13(18)11-7-5-6-10(2)12(11)16/h5-7H,4,8-9H2,1-3H3,(H,17,18). The molecule has 1 amide bonds. The normalized spacial score (nSPS) is 14.1. The molecule has 0 radical (unpaired) electrons. The summed E-state index contributed by atoms with van der Waals surface area (Å²) < 4.78 is 1.03. The lowest BCUT2D eigenvalue weighted by Gasteiger charge is -2.29. The Kier molecular flexibility index (Phi) is 6.11. The molecule has 100 valence electrons. The van der Waals surface area contributed by atoms with Gasteiger partial charge in [0.25, 0.3) is 5.91 Å². The summed E-state index contributed by atoms with van der Waals surface area (Å²) in [6.07, 6.45) is 1.85. The van der Waals surface area contributed by atoms with E-state index >= 15 is 0 Å². The van der Waals surface area contributed by atoms with Gasteiger partial charge < -0.3 is 5.32 Å². The van der Waals surface area contributed by atoms with Crippen molar-refractivity contribution in [3.05, 3.63) is 32.9 Å². The van der Waals surface area contributed by atoms with E-state index in [4.69, 9.17) is 0 Å². The van der Waals surface area contributed by atoms with Gasteiger partial charge in [-0.25, -0.2) is 0 Å². The van der Waals surface area contributed by atoms with E-state index in [0.717, 1.165) is 32.9 Å². The van der Waals surface area contributed by atoms with Gasteiger partial charge in [-0.15, -0.1) is 0 Å². The van der Waals surface area contributed by atoms with Gasteiger partial charge in [-0.3, -0.25) is 4.79 Å². The summed E-state index contributed by atoms with van der Waals surface area (Å²) in [5, 5.41) is 4.05. The fourth-order valence-electron chi connectivity index (χ4n) is 1.70. The summed E-state index contributed by atoms with van der Waals surface area (Å²) in [6.45, 7) is 6.22. The fourth-order valence-corrected chi connectivity index (χ4v) is 3.18. The zero-order chi connectivity index (χ0) is 13.8. The second-order valence-corrected chi connectivity index (χ2v) is 6.62. The monoisotopic (exact) mass is 423 g/mol. The highest BCUT2D eigenvalue weighted by molar-refractivity contribution is 14.1. The van der Waals surface area contributed by atoms with Crippen LogP contribution in [0, 0.1) is 10.5 Å². The van der Waals surface area contributed by atoms with Crippen molar-refractivity contribution in [1.29, 1.82) is 0 Å². The average molecular weight is 424 g/mol. The van der Waals surface area contributed by atoms with Crippen molar-refractivity contribution in [2.24, 2.45) is 0 Å². The first-order valence-corrected chi connectivity index (χ1v) is 8.27. The number of hydrogen-bond acceptors (Lipinski definition) is 1. The van der Waals surface area contributed by atoms with Crippen molar-refractivity contribution >= 4 is 44.4 Å². The average Bonchev–Trinajstić information content (AvgIpc) is 2.32. The number of alkyl halides is 1. The summed E-state index contributed by atoms with van der Waals surface area (Å²) in [6, 6.07) is 5.84. The number of rotatable bonds is 5. The highest BCUT2D eigenvalue weighted by Gasteiger charge is 2.24. The summed E-state index contributed by atoms with van der Waals surface area (Å²) in [5.41, 5.74) is 1.76. The first kappa shape index (κ1) is 16.0. The van der Waals surface area contributed by atoms with Crippen LogP contribution in [0.4, 0.5) is 0 Å². The van der Waals surface area contributed by atoms with Crippen molar-refractivity contribution in [3.8, 4) is 0 Å². The Hall–Kier alpha value is -0.100. The molecule has 1 rings (SSSR count). The van der Waals surface area contributed by atoms with Gasteiger partial charge in [0.2, 0.25) is 0 Å². The summed E-state index contributed by atoms with van der Waals surface area (Å²) >= 11 is 5.68. The molecule has 1 aromatic carbocycles. The number of aryl methyl sites for hydroxylation is 1. The molecule has 0 aliphatic heterocycles. The number of benzene rings is 1. The molecule has 18 heavy (non-hydrogen) atoms. The Labute approximate surface area is 131 Å². The van der Waals surface area contributed by atoms with E-state index in [2.05, 4.69) is 57.7 Å². The summed E-state index contributed by atoms with van der Waals surface area (Å²) in [5.74, 6) is 0.0217. The zero-order valence-corrected chi connectivity index (χ0v) is 14.8. The molecule has 1 N–H and O–H groups in total. The zero-order valence-electron chi connectivity index (χ0n) is 11.0. The minimum absolute atomic E-state index is 0.0217. The van der Waals surface area contributed by atoms with Gasteiger partial charge in [0.05, 0.1) is 5.56 Å². The number of carbonyl (C=O) groups is 1. The third-order valence-electron chi connectivity index (χ3n) is 3.28. The van der Waals surface area contributed by atoms with E-state index in [1.807, 2.05) is 25.1 Å². The van der Waals surface area contributed by atoms with E-state index in [1.54, 1.807) is 0 Å². The van der Waals surface area contributed by atoms with Crippen LogP contribution in [0.1, 0.15) is 42.6 Å². The Balaban J connectivity index is 2.91. The molecular formula is C14H19BrINO. The lowest BCUT2D eigenvalue weighted by molar-refractivity contribution is 0.0901. The predicted octanol–water partition coefficient (Wildman–Crippen LogP) is 4.28. The molecule has 0 spiro atoms. The Bertz CT molecular complexity index is 436. The lowest BCUT2D eigenvalue weighted by Crippen LogP contribution is -2.46. The smallest absolute Gasteiger partial charge is 0.252 e. The lowest BCUT2D eigenvalue weighted by atomic mass is 9.95. The van der Waals surface area contributed by atoms with Crippen molar-refractivity contribution < 1.29 is 4.79 Å². The van der Waals surface area contributed by atoms with Gasteiger partial charge in [-0.05, 0) is 60.9 Å². The molecule has 0 fully saturated rings. The minimum atomic E-state index is -0.145. The van der Waals surface area contributed by atoms with Gasteiger partial charge >= 0.3 is 0 Å². The van der Waals surface area contributed by atoms with Gasteiger partial charge in [-0.1, -0.05) is 35.0 Å². The fraction of sp³-hybridized carbons (Fsp3) is 0.500. The molecule has 0 aliphatic carbocycles. The SMILES string of the molecule is CCC(C)(CCBr)NC(=O)c1cccc(C)c1I. The van der Waals surface area contributed by atoms with Crippen LogP contribution in [0.3, 0.4) is 0 Å². The Morgan fingerprint density at radius 2 is 2.17 bits per heavy atom. The molecular weight excluding hydrogens is 405 g/mol. The maximum atomic E-state index is 12.3. The highest BCUT2D eigenvalue weighted by atomic mass is 127. The molecule has 0 aromatic heterocycles. The number of hydrogen-bond donors (Lipinski definition) is 1. The third kappa shape index (κ3) is 3.95. The minimum Gasteiger partial charge on any atom is -0.347 e. The third-order valence-corrected chi connectivity index (χ3v) is 5.11. The van der Waals surface area contributed by atoms with Crippen LogP contribution in [0.15, 0.2) is 18.2 Å². The maximum Gasteiger partial charge on any atom is 0.252 e. The molecule has 1 aromatic rings. The van der Waals surface area contributed by atoms with E-state index < -0.39 is 0 Å². The summed E-state index contributed by atoms with van der Waals surface area (Å²) in [7, 11) is 0. The van der Waals surface area contributed by atoms with Crippen LogP contribution in [0.5, 0.6) is 0 Å². The largest absolute Gasteiger partial charge is 0.347 e. The second-order valence-electron chi connectivity index (χ2n) is 4.74. The molecule has 2 nitrogen and oxygen atoms in total. The highest BCUT2D eigenvalue weighted by Crippen LogP contribution is 2.20. The van der Waals surface area contributed by atoms with E-state index in [1.165, 1.54) is 0 Å². The van der Waals surface area contributed by atoms with Crippen molar-refractivity contribution in [2.75, 3.05) is 5.33 Å². The summed E-state index contributed by atoms with van der Waals surface area (Å²) in [4.78, 5) is 12.3. The van der Waals surface area contributed by atoms with Crippen molar-refractivity contribution in [1.82, 2.24) is 5.32 Å². The molecule has 0 saturated carbocycles. The Morgan fingerprint density at radius 3 is 2.72 bits per heavy atom. The molecule has 0 aliphatic rings. The van der Waals surface area contributed by atoms with Gasteiger partial charge in [0, 0.05) is 14.4 Å². The van der Waals surface area contributed by atoms with Crippen molar-refractivity contribution in [2.45, 2.75) is 39.2 Å². The van der Waals surface area contributed by atoms with Crippen molar-refractivity contribution in [3.63, 3.8) is 0 Å². The second kappa shape index (κ2) is 6.89. The maximum absolute atomic E-state index is 12.3. The first-order valence-electron chi connectivity index (χ1n) is 6.07. The molecule has 0 heterocycles. The Morgan fingerprint density at radius 1 is 1.50 bits per heavy atom. The van der Waals surface area contributed by atoms with Crippen LogP contribution in [-0.2, 0) is 0 Å². The van der Waals surface area contributed by atoms with E-state index in [0.29, 0.717) is 0 Å².